The van der Waals surface area contributed by atoms with Crippen molar-refractivity contribution < 1.29 is 28.7 Å². The van der Waals surface area contributed by atoms with Gasteiger partial charge in [-0.1, -0.05) is 103 Å². The summed E-state index contributed by atoms with van der Waals surface area (Å²) in [4.78, 5) is 10.8. The first-order chi connectivity index (χ1) is 15.6. The number of unbranched alkanes of at least 4 members (excludes halogenated alkanes) is 15. The molecular formula is C25H55NO5P+. The van der Waals surface area contributed by atoms with Crippen LogP contribution in [0.5, 0.6) is 0 Å². The van der Waals surface area contributed by atoms with E-state index in [-0.39, 0.29) is 13.2 Å². The van der Waals surface area contributed by atoms with Gasteiger partial charge in [-0.2, -0.15) is 0 Å². The molecule has 0 spiro atoms. The zero-order valence-electron chi connectivity index (χ0n) is 21.5. The first-order valence-corrected chi connectivity index (χ1v) is 14.5. The van der Waals surface area contributed by atoms with Gasteiger partial charge in [0.2, 0.25) is 0 Å². The molecule has 0 aromatic carbocycles. The fourth-order valence-electron chi connectivity index (χ4n) is 3.53. The zero-order valence-corrected chi connectivity index (χ0v) is 22.4. The molecule has 0 aromatic heterocycles. The van der Waals surface area contributed by atoms with Gasteiger partial charge < -0.3 is 28.7 Å². The Balaban J connectivity index is 3.21. The van der Waals surface area contributed by atoms with E-state index in [1.807, 2.05) is 14.1 Å². The van der Waals surface area contributed by atoms with Crippen molar-refractivity contribution in [3.05, 3.63) is 0 Å². The van der Waals surface area contributed by atoms with Crippen molar-refractivity contribution in [1.29, 1.82) is 0 Å². The van der Waals surface area contributed by atoms with Crippen LogP contribution in [0.4, 0.5) is 0 Å². The van der Waals surface area contributed by atoms with Gasteiger partial charge in [-0.25, -0.2) is 0 Å². The minimum absolute atomic E-state index is 0.0377. The van der Waals surface area contributed by atoms with Crippen LogP contribution in [0.1, 0.15) is 110 Å². The average Bonchev–Trinajstić information content (AvgIpc) is 2.76. The lowest BCUT2D eigenvalue weighted by atomic mass is 10.0. The van der Waals surface area contributed by atoms with Gasteiger partial charge in [-0.3, -0.25) is 0 Å². The Morgan fingerprint density at radius 1 is 0.656 bits per heavy atom. The van der Waals surface area contributed by atoms with Crippen molar-refractivity contribution in [2.75, 3.05) is 47.1 Å². The number of hydrogen-bond acceptors (Lipinski definition) is 5. The molecule has 2 atom stereocenters. The van der Waals surface area contributed by atoms with Gasteiger partial charge >= 0.3 is 8.60 Å². The number of rotatable bonds is 26. The first kappa shape index (κ1) is 32.2. The van der Waals surface area contributed by atoms with Crippen LogP contribution in [0.15, 0.2) is 0 Å². The van der Waals surface area contributed by atoms with Crippen molar-refractivity contribution in [1.82, 2.24) is 0 Å². The predicted octanol–water partition coefficient (Wildman–Crippen LogP) is 5.02. The summed E-state index contributed by atoms with van der Waals surface area (Å²) >= 11 is 0. The summed E-state index contributed by atoms with van der Waals surface area (Å²) < 4.78 is 15.8. The minimum Gasteiger partial charge on any atom is -0.388 e. The maximum absolute atomic E-state index is 9.84. The van der Waals surface area contributed by atoms with Gasteiger partial charge in [0.1, 0.15) is 19.3 Å². The smallest absolute Gasteiger partial charge is 0.330 e. The second-order valence-corrected chi connectivity index (χ2v) is 10.3. The SMILES string of the molecule is CCCCCCCCCCCCCCCCCCOCC(O)COP(O)OCC[NH+](C)C. The van der Waals surface area contributed by atoms with E-state index in [1.165, 1.54) is 101 Å². The van der Waals surface area contributed by atoms with E-state index in [0.29, 0.717) is 13.2 Å². The van der Waals surface area contributed by atoms with Gasteiger partial charge in [0.05, 0.1) is 27.3 Å². The number of aliphatic hydroxyl groups is 1. The third-order valence-electron chi connectivity index (χ3n) is 5.63. The molecule has 0 saturated carbocycles. The van der Waals surface area contributed by atoms with Crippen LogP contribution >= 0.6 is 8.60 Å². The molecule has 0 radical (unpaired) electrons. The van der Waals surface area contributed by atoms with Crippen LogP contribution in [0.3, 0.4) is 0 Å². The molecule has 0 bridgehead atoms. The Morgan fingerprint density at radius 3 is 1.59 bits per heavy atom. The number of ether oxygens (including phenoxy) is 1. The molecule has 0 aliphatic rings. The van der Waals surface area contributed by atoms with Crippen molar-refractivity contribution >= 4 is 8.60 Å². The van der Waals surface area contributed by atoms with Crippen LogP contribution in [-0.2, 0) is 13.8 Å². The Morgan fingerprint density at radius 2 is 1.12 bits per heavy atom. The standard InChI is InChI=1S/C25H54NO5P/c1-4-5-6-7-8-9-10-11-12-13-14-15-16-17-18-19-21-29-23-25(27)24-31-32(28)30-22-20-26(2)3/h25,27-28H,4-24H2,1-3H3/p+1. The maximum atomic E-state index is 9.84. The molecule has 0 aliphatic carbocycles. The Hall–Kier alpha value is 0.190. The zero-order chi connectivity index (χ0) is 23.7. The molecule has 0 aromatic rings. The van der Waals surface area contributed by atoms with Crippen LogP contribution < -0.4 is 4.90 Å². The van der Waals surface area contributed by atoms with Crippen LogP contribution in [0.25, 0.3) is 0 Å². The normalized spacial score (nSPS) is 13.7. The molecule has 194 valence electrons. The number of quaternary nitrogens is 1. The lowest BCUT2D eigenvalue weighted by Gasteiger charge is -2.15. The monoisotopic (exact) mass is 480 g/mol. The largest absolute Gasteiger partial charge is 0.388 e. The second kappa shape index (κ2) is 25.8. The molecule has 0 amide bonds. The molecular weight excluding hydrogens is 425 g/mol. The molecule has 0 aliphatic heterocycles. The lowest BCUT2D eigenvalue weighted by molar-refractivity contribution is -0.858. The second-order valence-electron chi connectivity index (χ2n) is 9.36. The van der Waals surface area contributed by atoms with Crippen LogP contribution in [-0.4, -0.2) is 63.2 Å². The quantitative estimate of drug-likeness (QED) is 0.120. The molecule has 0 rings (SSSR count). The molecule has 6 nitrogen and oxygen atoms in total. The highest BCUT2D eigenvalue weighted by molar-refractivity contribution is 7.40. The van der Waals surface area contributed by atoms with E-state index in [4.69, 9.17) is 13.8 Å². The van der Waals surface area contributed by atoms with E-state index in [9.17, 15) is 10.00 Å². The highest BCUT2D eigenvalue weighted by Gasteiger charge is 2.12. The predicted molar refractivity (Wildman–Crippen MR) is 135 cm³/mol. The van der Waals surface area contributed by atoms with Crippen LogP contribution in [0.2, 0.25) is 0 Å². The lowest BCUT2D eigenvalue weighted by Crippen LogP contribution is -3.06. The van der Waals surface area contributed by atoms with Gasteiger partial charge in [0.15, 0.2) is 0 Å². The van der Waals surface area contributed by atoms with Crippen molar-refractivity contribution in [2.45, 2.75) is 116 Å². The fraction of sp³-hybridized carbons (Fsp3) is 1.00. The summed E-state index contributed by atoms with van der Waals surface area (Å²) in [6.07, 6.45) is 21.0. The third-order valence-corrected chi connectivity index (χ3v) is 6.41. The summed E-state index contributed by atoms with van der Waals surface area (Å²) in [5.41, 5.74) is 0. The number of aliphatic hydroxyl groups excluding tert-OH is 1. The Labute approximate surface area is 200 Å². The first-order valence-electron chi connectivity index (χ1n) is 13.4. The minimum atomic E-state index is -1.91. The summed E-state index contributed by atoms with van der Waals surface area (Å²) in [6, 6.07) is 0. The van der Waals surface area contributed by atoms with Crippen molar-refractivity contribution in [2.24, 2.45) is 0 Å². The fourth-order valence-corrected chi connectivity index (χ4v) is 4.16. The molecule has 32 heavy (non-hydrogen) atoms. The molecule has 2 unspecified atom stereocenters. The highest BCUT2D eigenvalue weighted by Crippen LogP contribution is 2.32. The Bertz CT molecular complexity index is 363. The van der Waals surface area contributed by atoms with E-state index >= 15 is 0 Å². The topological polar surface area (TPSA) is 72.6 Å². The van der Waals surface area contributed by atoms with E-state index < -0.39 is 14.7 Å². The van der Waals surface area contributed by atoms with Gasteiger partial charge in [0, 0.05) is 6.61 Å². The number of hydrogen-bond donors (Lipinski definition) is 3. The summed E-state index contributed by atoms with van der Waals surface area (Å²) in [7, 11) is 2.12. The molecule has 0 fully saturated rings. The molecule has 7 heteroatoms. The van der Waals surface area contributed by atoms with E-state index in [2.05, 4.69) is 6.92 Å². The molecule has 0 saturated heterocycles. The third kappa shape index (κ3) is 26.4. The van der Waals surface area contributed by atoms with E-state index in [1.54, 1.807) is 0 Å². The van der Waals surface area contributed by atoms with Crippen molar-refractivity contribution in [3.8, 4) is 0 Å². The van der Waals surface area contributed by atoms with Crippen LogP contribution in [0, 0.1) is 0 Å². The summed E-state index contributed by atoms with van der Waals surface area (Å²) in [6.45, 7) is 4.47. The Kier molecular flexibility index (Phi) is 26.0. The van der Waals surface area contributed by atoms with Gasteiger partial charge in [0.25, 0.3) is 0 Å². The molecule has 3 N–H and O–H groups in total. The van der Waals surface area contributed by atoms with E-state index in [0.717, 1.165) is 13.0 Å². The summed E-state index contributed by atoms with van der Waals surface area (Å²) in [5.74, 6) is 0. The summed E-state index contributed by atoms with van der Waals surface area (Å²) in [5, 5.41) is 9.84. The number of nitrogens with one attached hydrogen (secondary N) is 1. The number of likely N-dealkylation sites (N-methyl/N-ethyl adjacent to an activating group) is 1. The van der Waals surface area contributed by atoms with Crippen molar-refractivity contribution in [3.63, 3.8) is 0 Å². The average molecular weight is 481 g/mol. The van der Waals surface area contributed by atoms with Gasteiger partial charge in [-0.15, -0.1) is 0 Å². The van der Waals surface area contributed by atoms with Gasteiger partial charge in [-0.05, 0) is 6.42 Å². The highest BCUT2D eigenvalue weighted by atomic mass is 31.2. The maximum Gasteiger partial charge on any atom is 0.330 e. The molecule has 0 heterocycles.